The van der Waals surface area contributed by atoms with Gasteiger partial charge in [0, 0.05) is 19.2 Å². The van der Waals surface area contributed by atoms with E-state index in [9.17, 15) is 18.0 Å². The van der Waals surface area contributed by atoms with Gasteiger partial charge in [0.15, 0.2) is 11.5 Å². The lowest BCUT2D eigenvalue weighted by Gasteiger charge is -2.25. The Kier molecular flexibility index (Phi) is 10.3. The molecule has 1 fully saturated rings. The molecule has 224 valence electrons. The van der Waals surface area contributed by atoms with Crippen molar-refractivity contribution in [2.24, 2.45) is 0 Å². The van der Waals surface area contributed by atoms with E-state index in [4.69, 9.17) is 18.9 Å². The van der Waals surface area contributed by atoms with Crippen LogP contribution >= 0.6 is 0 Å². The lowest BCUT2D eigenvalue weighted by atomic mass is 10.1. The predicted octanol–water partition coefficient (Wildman–Crippen LogP) is 3.85. The van der Waals surface area contributed by atoms with Crippen LogP contribution in [-0.4, -0.2) is 66.9 Å². The van der Waals surface area contributed by atoms with E-state index in [0.29, 0.717) is 31.3 Å². The van der Waals surface area contributed by atoms with Crippen molar-refractivity contribution in [1.82, 2.24) is 5.32 Å². The van der Waals surface area contributed by atoms with Gasteiger partial charge in [-0.05, 0) is 68.3 Å². The fourth-order valence-corrected chi connectivity index (χ4v) is 5.95. The Balaban J connectivity index is 1.60. The Morgan fingerprint density at radius 3 is 2.40 bits per heavy atom. The Hall–Kier alpha value is -4.29. The van der Waals surface area contributed by atoms with Crippen molar-refractivity contribution in [3.05, 3.63) is 72.3 Å². The van der Waals surface area contributed by atoms with Gasteiger partial charge in [0.25, 0.3) is 15.9 Å². The molecule has 3 aromatic carbocycles. The zero-order chi connectivity index (χ0) is 30.1. The standard InChI is InChI=1S/C30H35N3O8S/c1-4-40-22-13-11-21(12-14-22)33(42(36,37)24-15-16-27(38-2)28(18-24)39-3)20-29(34)32-26-10-6-5-9-25(26)30(35)31-19-23-8-7-17-41-23/h5-6,9-16,18,23H,4,7-8,17,19-20H2,1-3H3,(H,31,35)(H,32,34)/t23-/m1/s1. The molecular formula is C30H35N3O8S. The number of rotatable bonds is 13. The smallest absolute Gasteiger partial charge is 0.264 e. The Morgan fingerprint density at radius 1 is 1.00 bits per heavy atom. The molecule has 1 atom stereocenters. The first kappa shape index (κ1) is 30.7. The van der Waals surface area contributed by atoms with Crippen LogP contribution in [0.2, 0.25) is 0 Å². The van der Waals surface area contributed by atoms with Crippen LogP contribution in [0, 0.1) is 0 Å². The van der Waals surface area contributed by atoms with E-state index >= 15 is 0 Å². The van der Waals surface area contributed by atoms with Crippen LogP contribution in [0.15, 0.2) is 71.6 Å². The van der Waals surface area contributed by atoms with Gasteiger partial charge in [-0.2, -0.15) is 0 Å². The number of ether oxygens (including phenoxy) is 4. The summed E-state index contributed by atoms with van der Waals surface area (Å²) in [7, 11) is -1.42. The zero-order valence-electron chi connectivity index (χ0n) is 23.8. The maximum atomic E-state index is 13.9. The van der Waals surface area contributed by atoms with Gasteiger partial charge in [0.05, 0.1) is 48.8 Å². The Morgan fingerprint density at radius 2 is 1.74 bits per heavy atom. The normalized spacial score (nSPS) is 14.6. The lowest BCUT2D eigenvalue weighted by Crippen LogP contribution is -2.38. The second-order valence-corrected chi connectivity index (χ2v) is 11.3. The van der Waals surface area contributed by atoms with E-state index in [2.05, 4.69) is 10.6 Å². The molecule has 2 amide bonds. The number of nitrogens with zero attached hydrogens (tertiary/aromatic N) is 1. The first-order valence-corrected chi connectivity index (χ1v) is 15.0. The molecule has 0 unspecified atom stereocenters. The molecule has 1 saturated heterocycles. The molecule has 3 aromatic rings. The molecule has 12 heteroatoms. The SMILES string of the molecule is CCOc1ccc(N(CC(=O)Nc2ccccc2C(=O)NC[C@H]2CCCO2)S(=O)(=O)c2ccc(OC)c(OC)c2)cc1. The predicted molar refractivity (Wildman–Crippen MR) is 158 cm³/mol. The largest absolute Gasteiger partial charge is 0.494 e. The minimum atomic E-state index is -4.27. The van der Waals surface area contributed by atoms with E-state index in [0.717, 1.165) is 17.1 Å². The third kappa shape index (κ3) is 7.31. The summed E-state index contributed by atoms with van der Waals surface area (Å²) in [5, 5.41) is 5.56. The van der Waals surface area contributed by atoms with E-state index in [1.807, 2.05) is 6.92 Å². The lowest BCUT2D eigenvalue weighted by molar-refractivity contribution is -0.114. The molecule has 0 radical (unpaired) electrons. The molecule has 4 rings (SSSR count). The highest BCUT2D eigenvalue weighted by Gasteiger charge is 2.29. The van der Waals surface area contributed by atoms with Crippen LogP contribution in [0.5, 0.6) is 17.2 Å². The first-order valence-electron chi connectivity index (χ1n) is 13.5. The second kappa shape index (κ2) is 14.1. The molecule has 0 aliphatic carbocycles. The third-order valence-electron chi connectivity index (χ3n) is 6.63. The van der Waals surface area contributed by atoms with Crippen molar-refractivity contribution < 1.29 is 37.0 Å². The number of amides is 2. The van der Waals surface area contributed by atoms with Crippen LogP contribution in [0.4, 0.5) is 11.4 Å². The van der Waals surface area contributed by atoms with E-state index < -0.39 is 22.5 Å². The molecule has 0 bridgehead atoms. The van der Waals surface area contributed by atoms with Crippen molar-refractivity contribution in [3.8, 4) is 17.2 Å². The number of methoxy groups -OCH3 is 2. The van der Waals surface area contributed by atoms with E-state index in [1.165, 1.54) is 32.4 Å². The van der Waals surface area contributed by atoms with Crippen molar-refractivity contribution in [3.63, 3.8) is 0 Å². The summed E-state index contributed by atoms with van der Waals surface area (Å²) in [5.41, 5.74) is 0.743. The van der Waals surface area contributed by atoms with Crippen LogP contribution < -0.4 is 29.1 Å². The molecule has 0 spiro atoms. The van der Waals surface area contributed by atoms with Crippen LogP contribution in [-0.2, 0) is 19.6 Å². The summed E-state index contributed by atoms with van der Waals surface area (Å²) >= 11 is 0. The van der Waals surface area contributed by atoms with Crippen LogP contribution in [0.3, 0.4) is 0 Å². The van der Waals surface area contributed by atoms with Gasteiger partial charge >= 0.3 is 0 Å². The number of benzene rings is 3. The average molecular weight is 598 g/mol. The average Bonchev–Trinajstić information content (AvgIpc) is 3.53. The summed E-state index contributed by atoms with van der Waals surface area (Å²) in [5.74, 6) is 0.112. The summed E-state index contributed by atoms with van der Waals surface area (Å²) in [6, 6.07) is 17.1. The van der Waals surface area contributed by atoms with E-state index in [1.54, 1.807) is 48.5 Å². The van der Waals surface area contributed by atoms with Gasteiger partial charge in [-0.15, -0.1) is 0 Å². The van der Waals surface area contributed by atoms with Gasteiger partial charge in [-0.1, -0.05) is 12.1 Å². The molecule has 1 aliphatic rings. The topological polar surface area (TPSA) is 132 Å². The first-order chi connectivity index (χ1) is 20.3. The maximum absolute atomic E-state index is 13.9. The minimum absolute atomic E-state index is 0.0415. The van der Waals surface area contributed by atoms with E-state index in [-0.39, 0.29) is 39.6 Å². The molecule has 1 aliphatic heterocycles. The highest BCUT2D eigenvalue weighted by Crippen LogP contribution is 2.33. The van der Waals surface area contributed by atoms with Crippen LogP contribution in [0.1, 0.15) is 30.1 Å². The highest BCUT2D eigenvalue weighted by molar-refractivity contribution is 7.92. The van der Waals surface area contributed by atoms with Crippen LogP contribution in [0.25, 0.3) is 0 Å². The minimum Gasteiger partial charge on any atom is -0.494 e. The monoisotopic (exact) mass is 597 g/mol. The van der Waals surface area contributed by atoms with Crippen molar-refractivity contribution in [2.45, 2.75) is 30.8 Å². The number of anilines is 2. The van der Waals surface area contributed by atoms with Gasteiger partial charge in [-0.25, -0.2) is 8.42 Å². The van der Waals surface area contributed by atoms with Gasteiger partial charge < -0.3 is 29.6 Å². The van der Waals surface area contributed by atoms with Crippen molar-refractivity contribution in [2.75, 3.05) is 50.1 Å². The highest BCUT2D eigenvalue weighted by atomic mass is 32.2. The zero-order valence-corrected chi connectivity index (χ0v) is 24.6. The molecule has 11 nitrogen and oxygen atoms in total. The quantitative estimate of drug-likeness (QED) is 0.304. The summed E-state index contributed by atoms with van der Waals surface area (Å²) < 4.78 is 50.4. The number of hydrogen-bond acceptors (Lipinski definition) is 8. The van der Waals surface area contributed by atoms with Crippen molar-refractivity contribution >= 4 is 33.2 Å². The Labute approximate surface area is 245 Å². The Bertz CT molecular complexity index is 1490. The summed E-state index contributed by atoms with van der Waals surface area (Å²) in [4.78, 5) is 26.2. The summed E-state index contributed by atoms with van der Waals surface area (Å²) in [6.07, 6.45) is 1.78. The number of nitrogens with one attached hydrogen (secondary N) is 2. The maximum Gasteiger partial charge on any atom is 0.264 e. The second-order valence-electron chi connectivity index (χ2n) is 9.39. The third-order valence-corrected chi connectivity index (χ3v) is 8.40. The molecule has 42 heavy (non-hydrogen) atoms. The molecular weight excluding hydrogens is 562 g/mol. The fourth-order valence-electron chi connectivity index (χ4n) is 4.51. The van der Waals surface area contributed by atoms with Gasteiger partial charge in [0.2, 0.25) is 5.91 Å². The van der Waals surface area contributed by atoms with Gasteiger partial charge in [-0.3, -0.25) is 13.9 Å². The molecule has 2 N–H and O–H groups in total. The molecule has 0 saturated carbocycles. The molecule has 0 aromatic heterocycles. The van der Waals surface area contributed by atoms with Crippen molar-refractivity contribution in [1.29, 1.82) is 0 Å². The van der Waals surface area contributed by atoms with Gasteiger partial charge in [0.1, 0.15) is 12.3 Å². The fraction of sp³-hybridized carbons (Fsp3) is 0.333. The number of hydrogen-bond donors (Lipinski definition) is 2. The molecule has 1 heterocycles. The number of carbonyl (C=O) groups excluding carboxylic acids is 2. The number of carbonyl (C=O) groups is 2. The number of sulfonamides is 1. The number of para-hydroxylation sites is 1. The summed E-state index contributed by atoms with van der Waals surface area (Å²) in [6.45, 7) is 2.74.